The molecule has 0 aliphatic heterocycles. The zero-order valence-electron chi connectivity index (χ0n) is 10.5. The van der Waals surface area contributed by atoms with Crippen LogP contribution in [-0.4, -0.2) is 20.7 Å². The molecule has 1 rings (SSSR count). The van der Waals surface area contributed by atoms with Gasteiger partial charge in [0.1, 0.15) is 0 Å². The molecule has 0 aromatic heterocycles. The van der Waals surface area contributed by atoms with Crippen LogP contribution < -0.4 is 5.19 Å². The predicted molar refractivity (Wildman–Crippen MR) is 69.8 cm³/mol. The van der Waals surface area contributed by atoms with Crippen LogP contribution in [0.25, 0.3) is 0 Å². The third-order valence-corrected chi connectivity index (χ3v) is 4.54. The fraction of sp³-hybridized carbons (Fsp3) is 0.462. The van der Waals surface area contributed by atoms with Crippen molar-refractivity contribution in [2.45, 2.75) is 33.0 Å². The van der Waals surface area contributed by atoms with Gasteiger partial charge < -0.3 is 4.74 Å². The molecule has 0 amide bonds. The lowest BCUT2D eigenvalue weighted by Crippen LogP contribution is -2.37. The summed E-state index contributed by atoms with van der Waals surface area (Å²) in [5.74, 6) is -0.150. The Kier molecular flexibility index (Phi) is 4.30. The molecule has 0 bridgehead atoms. The summed E-state index contributed by atoms with van der Waals surface area (Å²) in [6.07, 6.45) is 0.375. The van der Waals surface area contributed by atoms with Gasteiger partial charge in [0.15, 0.2) is 0 Å². The first kappa shape index (κ1) is 13.0. The van der Waals surface area contributed by atoms with Crippen LogP contribution >= 0.6 is 0 Å². The van der Waals surface area contributed by atoms with Gasteiger partial charge in [-0.25, -0.2) is 0 Å². The molecule has 1 aromatic carbocycles. The van der Waals surface area contributed by atoms with E-state index in [0.29, 0.717) is 13.0 Å². The monoisotopic (exact) mass is 236 g/mol. The van der Waals surface area contributed by atoms with Gasteiger partial charge in [0, 0.05) is 0 Å². The molecule has 0 N–H and O–H groups in total. The minimum absolute atomic E-state index is 0.150. The number of hydrogen-bond acceptors (Lipinski definition) is 2. The van der Waals surface area contributed by atoms with Gasteiger partial charge in [0.25, 0.3) is 0 Å². The second-order valence-corrected chi connectivity index (χ2v) is 10.0. The average molecular weight is 236 g/mol. The Morgan fingerprint density at radius 1 is 1.19 bits per heavy atom. The van der Waals surface area contributed by atoms with Crippen LogP contribution in [0.15, 0.2) is 24.3 Å². The van der Waals surface area contributed by atoms with Gasteiger partial charge in [-0.15, -0.1) is 0 Å². The number of esters is 1. The molecule has 0 heterocycles. The summed E-state index contributed by atoms with van der Waals surface area (Å²) in [6, 6.07) is 8.34. The van der Waals surface area contributed by atoms with E-state index in [-0.39, 0.29) is 5.97 Å². The summed E-state index contributed by atoms with van der Waals surface area (Å²) in [5, 5.41) is 1.42. The number of rotatable bonds is 4. The van der Waals surface area contributed by atoms with Crippen LogP contribution in [0, 0.1) is 0 Å². The van der Waals surface area contributed by atoms with Crippen molar-refractivity contribution < 1.29 is 9.53 Å². The van der Waals surface area contributed by atoms with Gasteiger partial charge in [-0.2, -0.15) is 0 Å². The van der Waals surface area contributed by atoms with E-state index in [1.54, 1.807) is 0 Å². The van der Waals surface area contributed by atoms with E-state index in [4.69, 9.17) is 4.74 Å². The molecule has 0 saturated heterocycles. The van der Waals surface area contributed by atoms with Gasteiger partial charge in [0.2, 0.25) is 0 Å². The average Bonchev–Trinajstić information content (AvgIpc) is 2.17. The molecular weight excluding hydrogens is 216 g/mol. The maximum absolute atomic E-state index is 11.3. The van der Waals surface area contributed by atoms with Gasteiger partial charge in [-0.05, 0) is 12.5 Å². The standard InChI is InChI=1S/C13H20O2Si/c1-5-15-13(14)10-11-6-8-12(9-7-11)16(2,3)4/h6-9H,5,10H2,1-4H3. The number of carbonyl (C=O) groups excluding carboxylic acids is 1. The molecule has 0 fully saturated rings. The van der Waals surface area contributed by atoms with E-state index in [9.17, 15) is 4.79 Å². The van der Waals surface area contributed by atoms with Gasteiger partial charge >= 0.3 is 5.97 Å². The lowest BCUT2D eigenvalue weighted by molar-refractivity contribution is -0.142. The van der Waals surface area contributed by atoms with Crippen LogP contribution in [-0.2, 0) is 16.0 Å². The molecule has 16 heavy (non-hydrogen) atoms. The summed E-state index contributed by atoms with van der Waals surface area (Å²) in [5.41, 5.74) is 1.03. The van der Waals surface area contributed by atoms with E-state index in [2.05, 4.69) is 31.8 Å². The first-order chi connectivity index (χ1) is 7.43. The van der Waals surface area contributed by atoms with Crippen LogP contribution in [0.2, 0.25) is 19.6 Å². The number of benzene rings is 1. The fourth-order valence-electron chi connectivity index (χ4n) is 1.50. The second kappa shape index (κ2) is 5.30. The Morgan fingerprint density at radius 3 is 2.19 bits per heavy atom. The molecule has 0 radical (unpaired) electrons. The van der Waals surface area contributed by atoms with Crippen molar-refractivity contribution in [2.75, 3.05) is 6.61 Å². The molecule has 0 saturated carbocycles. The van der Waals surface area contributed by atoms with Gasteiger partial charge in [0.05, 0.1) is 21.1 Å². The highest BCUT2D eigenvalue weighted by Gasteiger charge is 2.15. The minimum Gasteiger partial charge on any atom is -0.466 e. The lowest BCUT2D eigenvalue weighted by atomic mass is 10.1. The van der Waals surface area contributed by atoms with Crippen molar-refractivity contribution in [3.63, 3.8) is 0 Å². The highest BCUT2D eigenvalue weighted by Crippen LogP contribution is 2.05. The van der Waals surface area contributed by atoms with E-state index in [1.165, 1.54) is 5.19 Å². The summed E-state index contributed by atoms with van der Waals surface area (Å²) in [4.78, 5) is 11.3. The molecular formula is C13H20O2Si. The SMILES string of the molecule is CCOC(=O)Cc1ccc([Si](C)(C)C)cc1. The fourth-order valence-corrected chi connectivity index (χ4v) is 2.67. The van der Waals surface area contributed by atoms with Crippen LogP contribution in [0.1, 0.15) is 12.5 Å². The Labute approximate surface area is 98.6 Å². The maximum Gasteiger partial charge on any atom is 0.310 e. The zero-order valence-corrected chi connectivity index (χ0v) is 11.5. The second-order valence-electron chi connectivity index (χ2n) is 4.93. The summed E-state index contributed by atoms with van der Waals surface area (Å²) >= 11 is 0. The Bertz CT molecular complexity index is 349. The van der Waals surface area contributed by atoms with Crippen molar-refractivity contribution in [3.05, 3.63) is 29.8 Å². The van der Waals surface area contributed by atoms with Gasteiger partial charge in [-0.1, -0.05) is 49.1 Å². The molecule has 1 aromatic rings. The molecule has 0 spiro atoms. The van der Waals surface area contributed by atoms with Crippen LogP contribution in [0.3, 0.4) is 0 Å². The number of hydrogen-bond donors (Lipinski definition) is 0. The Hall–Kier alpha value is -1.09. The predicted octanol–water partition coefficient (Wildman–Crippen LogP) is 2.34. The molecule has 2 nitrogen and oxygen atoms in total. The number of carbonyl (C=O) groups is 1. The zero-order chi connectivity index (χ0) is 12.2. The maximum atomic E-state index is 11.3. The van der Waals surface area contributed by atoms with E-state index in [1.807, 2.05) is 19.1 Å². The summed E-state index contributed by atoms with van der Waals surface area (Å²) < 4.78 is 4.91. The third kappa shape index (κ3) is 3.81. The van der Waals surface area contributed by atoms with E-state index >= 15 is 0 Å². The molecule has 88 valence electrons. The normalized spacial score (nSPS) is 11.2. The highest BCUT2D eigenvalue weighted by molar-refractivity contribution is 6.88. The van der Waals surface area contributed by atoms with Crippen molar-refractivity contribution >= 4 is 19.2 Å². The summed E-state index contributed by atoms with van der Waals surface area (Å²) in [7, 11) is -1.23. The van der Waals surface area contributed by atoms with E-state index in [0.717, 1.165) is 5.56 Å². The Morgan fingerprint density at radius 2 is 1.75 bits per heavy atom. The van der Waals surface area contributed by atoms with Crippen LogP contribution in [0.4, 0.5) is 0 Å². The van der Waals surface area contributed by atoms with Gasteiger partial charge in [-0.3, -0.25) is 4.79 Å². The van der Waals surface area contributed by atoms with Crippen molar-refractivity contribution in [2.24, 2.45) is 0 Å². The molecule has 0 unspecified atom stereocenters. The number of ether oxygens (including phenoxy) is 1. The molecule has 0 aliphatic rings. The van der Waals surface area contributed by atoms with Crippen LogP contribution in [0.5, 0.6) is 0 Å². The minimum atomic E-state index is -1.23. The third-order valence-electron chi connectivity index (χ3n) is 2.47. The molecule has 0 aliphatic carbocycles. The van der Waals surface area contributed by atoms with Crippen molar-refractivity contribution in [3.8, 4) is 0 Å². The first-order valence-corrected chi connectivity index (χ1v) is 9.18. The van der Waals surface area contributed by atoms with E-state index < -0.39 is 8.07 Å². The van der Waals surface area contributed by atoms with Crippen molar-refractivity contribution in [1.82, 2.24) is 0 Å². The topological polar surface area (TPSA) is 26.3 Å². The first-order valence-electron chi connectivity index (χ1n) is 5.68. The molecule has 3 heteroatoms. The lowest BCUT2D eigenvalue weighted by Gasteiger charge is -2.16. The molecule has 0 atom stereocenters. The largest absolute Gasteiger partial charge is 0.466 e. The Balaban J connectivity index is 2.69. The highest BCUT2D eigenvalue weighted by atomic mass is 28.3. The smallest absolute Gasteiger partial charge is 0.310 e. The quantitative estimate of drug-likeness (QED) is 0.592. The summed E-state index contributed by atoms with van der Waals surface area (Å²) in [6.45, 7) is 9.21. The van der Waals surface area contributed by atoms with Crippen molar-refractivity contribution in [1.29, 1.82) is 0 Å².